The van der Waals surface area contributed by atoms with Gasteiger partial charge in [0.15, 0.2) is 0 Å². The molecule has 0 radical (unpaired) electrons. The summed E-state index contributed by atoms with van der Waals surface area (Å²) in [6, 6.07) is 32.0. The fraction of sp³-hybridized carbons (Fsp3) is 0.161. The Morgan fingerprint density at radius 3 is 1.26 bits per heavy atom. The molecule has 4 rings (SSSR count). The smallest absolute Gasteiger partial charge is 0.246 e. The molecule has 0 aliphatic heterocycles. The third-order valence-corrected chi connectivity index (χ3v) is 6.57. The van der Waals surface area contributed by atoms with E-state index in [9.17, 15) is 9.59 Å². The number of hydrogen-bond acceptors (Lipinski definition) is 4. The van der Waals surface area contributed by atoms with Crippen molar-refractivity contribution in [2.45, 2.75) is 18.5 Å². The zero-order chi connectivity index (χ0) is 27.5. The van der Waals surface area contributed by atoms with Gasteiger partial charge in [-0.25, -0.2) is 0 Å². The molecule has 8 heteroatoms. The maximum absolute atomic E-state index is 13.2. The van der Waals surface area contributed by atoms with Crippen molar-refractivity contribution in [3.05, 3.63) is 130 Å². The predicted octanol–water partition coefficient (Wildman–Crippen LogP) is 6.62. The topological polar surface area (TPSA) is 82.3 Å². The van der Waals surface area contributed by atoms with E-state index in [-0.39, 0.29) is 11.8 Å². The van der Waals surface area contributed by atoms with Gasteiger partial charge in [0.05, 0.1) is 0 Å². The highest BCUT2D eigenvalue weighted by Gasteiger charge is 2.22. The summed E-state index contributed by atoms with van der Waals surface area (Å²) in [6.07, 6.45) is 0.672. The maximum Gasteiger partial charge on any atom is 0.246 e. The molecule has 0 aromatic heterocycles. The van der Waals surface area contributed by atoms with Crippen molar-refractivity contribution in [3.63, 3.8) is 0 Å². The number of anilines is 2. The van der Waals surface area contributed by atoms with Gasteiger partial charge in [-0.05, 0) is 79.2 Å². The molecule has 4 aromatic carbocycles. The number of nitrogens with one attached hydrogen (secondary N) is 4. The fourth-order valence-corrected chi connectivity index (χ4v) is 4.34. The quantitative estimate of drug-likeness (QED) is 0.147. The Kier molecular flexibility index (Phi) is 10.5. The molecule has 0 saturated carbocycles. The third-order valence-electron chi connectivity index (χ3n) is 6.06. The number of halogens is 2. The summed E-state index contributed by atoms with van der Waals surface area (Å²) in [7, 11) is 0. The summed E-state index contributed by atoms with van der Waals surface area (Å²) >= 11 is 12.1. The zero-order valence-corrected chi connectivity index (χ0v) is 22.8. The highest BCUT2D eigenvalue weighted by molar-refractivity contribution is 6.30. The molecule has 0 bridgehead atoms. The van der Waals surface area contributed by atoms with Crippen molar-refractivity contribution in [2.75, 3.05) is 23.7 Å². The van der Waals surface area contributed by atoms with Gasteiger partial charge >= 0.3 is 0 Å². The largest absolute Gasteiger partial charge is 0.324 e. The molecule has 0 saturated heterocycles. The average Bonchev–Trinajstić information content (AvgIpc) is 2.95. The molecule has 0 aliphatic rings. The Bertz CT molecular complexity index is 1230. The Labute approximate surface area is 238 Å². The van der Waals surface area contributed by atoms with Crippen molar-refractivity contribution < 1.29 is 9.59 Å². The van der Waals surface area contributed by atoms with Crippen LogP contribution < -0.4 is 21.3 Å². The Morgan fingerprint density at radius 2 is 0.897 bits per heavy atom. The molecule has 39 heavy (non-hydrogen) atoms. The van der Waals surface area contributed by atoms with Crippen LogP contribution in [0.2, 0.25) is 10.0 Å². The summed E-state index contributed by atoms with van der Waals surface area (Å²) in [5, 5.41) is 13.8. The second kappa shape index (κ2) is 14.5. The number of rotatable bonds is 12. The monoisotopic (exact) mass is 560 g/mol. The summed E-state index contributed by atoms with van der Waals surface area (Å²) in [5.74, 6) is -0.337. The lowest BCUT2D eigenvalue weighted by Gasteiger charge is -2.21. The lowest BCUT2D eigenvalue weighted by atomic mass is 10.1. The van der Waals surface area contributed by atoms with E-state index in [1.807, 2.05) is 84.9 Å². The molecular weight excluding hydrogens is 531 g/mol. The van der Waals surface area contributed by atoms with Crippen molar-refractivity contribution in [1.82, 2.24) is 10.6 Å². The molecule has 0 fully saturated rings. The third kappa shape index (κ3) is 8.67. The van der Waals surface area contributed by atoms with Crippen LogP contribution in [0.1, 0.15) is 29.6 Å². The predicted molar refractivity (Wildman–Crippen MR) is 159 cm³/mol. The molecule has 2 atom stereocenters. The van der Waals surface area contributed by atoms with E-state index in [4.69, 9.17) is 23.2 Å². The minimum atomic E-state index is -0.573. The second-order valence-corrected chi connectivity index (χ2v) is 9.81. The minimum absolute atomic E-state index is 0.169. The minimum Gasteiger partial charge on any atom is -0.324 e. The summed E-state index contributed by atoms with van der Waals surface area (Å²) in [6.45, 7) is 1.08. The lowest BCUT2D eigenvalue weighted by molar-refractivity contribution is -0.119. The number of carbonyl (C=O) groups is 2. The first-order valence-corrected chi connectivity index (χ1v) is 13.4. The average molecular weight is 562 g/mol. The zero-order valence-electron chi connectivity index (χ0n) is 21.2. The van der Waals surface area contributed by atoms with Crippen LogP contribution in [0.5, 0.6) is 0 Å². The molecule has 4 aromatic rings. The van der Waals surface area contributed by atoms with Crippen LogP contribution in [0.4, 0.5) is 11.4 Å². The van der Waals surface area contributed by atoms with E-state index in [1.54, 1.807) is 24.3 Å². The lowest BCUT2D eigenvalue weighted by Crippen LogP contribution is -2.36. The highest BCUT2D eigenvalue weighted by Crippen LogP contribution is 2.21. The number of para-hydroxylation sites is 2. The Balaban J connectivity index is 1.38. The molecule has 200 valence electrons. The summed E-state index contributed by atoms with van der Waals surface area (Å²) in [4.78, 5) is 26.3. The molecule has 0 unspecified atom stereocenters. The van der Waals surface area contributed by atoms with E-state index >= 15 is 0 Å². The van der Waals surface area contributed by atoms with E-state index in [0.717, 1.165) is 22.5 Å². The van der Waals surface area contributed by atoms with Crippen molar-refractivity contribution in [2.24, 2.45) is 0 Å². The molecule has 2 amide bonds. The maximum atomic E-state index is 13.2. The van der Waals surface area contributed by atoms with Gasteiger partial charge in [-0.2, -0.15) is 0 Å². The number of benzene rings is 4. The second-order valence-electron chi connectivity index (χ2n) is 8.94. The first-order chi connectivity index (χ1) is 19.0. The van der Waals surface area contributed by atoms with Crippen LogP contribution >= 0.6 is 23.2 Å². The van der Waals surface area contributed by atoms with Gasteiger partial charge in [-0.15, -0.1) is 0 Å². The van der Waals surface area contributed by atoms with Gasteiger partial charge in [0.25, 0.3) is 0 Å². The van der Waals surface area contributed by atoms with E-state index < -0.39 is 12.1 Å². The van der Waals surface area contributed by atoms with Crippen LogP contribution in [-0.4, -0.2) is 24.9 Å². The molecule has 4 N–H and O–H groups in total. The van der Waals surface area contributed by atoms with Crippen LogP contribution in [0.3, 0.4) is 0 Å². The summed E-state index contributed by atoms with van der Waals surface area (Å²) in [5.41, 5.74) is 3.06. The van der Waals surface area contributed by atoms with Gasteiger partial charge in [0.2, 0.25) is 11.8 Å². The molecule has 0 aliphatic carbocycles. The van der Waals surface area contributed by atoms with Gasteiger partial charge in [-0.3, -0.25) is 9.59 Å². The van der Waals surface area contributed by atoms with Gasteiger partial charge in [0, 0.05) is 21.4 Å². The Morgan fingerprint density at radius 1 is 0.538 bits per heavy atom. The van der Waals surface area contributed by atoms with Crippen LogP contribution in [-0.2, 0) is 9.59 Å². The van der Waals surface area contributed by atoms with Crippen molar-refractivity contribution in [1.29, 1.82) is 0 Å². The van der Waals surface area contributed by atoms with Crippen LogP contribution in [0.25, 0.3) is 0 Å². The SMILES string of the molecule is O=C(Nc1ccccc1)[C@@H](NCCCN[C@H](C(=O)Nc1ccccc1)c1ccc(Cl)cc1)c1ccc(Cl)cc1. The van der Waals surface area contributed by atoms with Gasteiger partial charge in [-0.1, -0.05) is 83.9 Å². The summed E-state index contributed by atoms with van der Waals surface area (Å²) < 4.78 is 0. The molecular formula is C31H30Cl2N4O2. The Hall–Kier alpha value is -3.68. The number of hydrogen-bond donors (Lipinski definition) is 4. The number of carbonyl (C=O) groups excluding carboxylic acids is 2. The van der Waals surface area contributed by atoms with Gasteiger partial charge < -0.3 is 21.3 Å². The standard InChI is InChI=1S/C31H30Cl2N4O2/c32-24-16-12-22(13-17-24)28(30(38)36-26-8-3-1-4-9-26)34-20-7-21-35-29(23-14-18-25(33)19-15-23)31(39)37-27-10-5-2-6-11-27/h1-6,8-19,28-29,34-35H,7,20-21H2,(H,36,38)(H,37,39)/t28-,29-/m0/s1. The first-order valence-electron chi connectivity index (χ1n) is 12.7. The molecule has 6 nitrogen and oxygen atoms in total. The first kappa shape index (κ1) is 28.3. The molecule has 0 spiro atoms. The van der Waals surface area contributed by atoms with Crippen molar-refractivity contribution in [3.8, 4) is 0 Å². The normalized spacial score (nSPS) is 12.4. The van der Waals surface area contributed by atoms with Crippen LogP contribution in [0, 0.1) is 0 Å². The van der Waals surface area contributed by atoms with Crippen molar-refractivity contribution >= 4 is 46.4 Å². The number of amides is 2. The van der Waals surface area contributed by atoms with E-state index in [2.05, 4.69) is 21.3 Å². The molecule has 0 heterocycles. The highest BCUT2D eigenvalue weighted by atomic mass is 35.5. The van der Waals surface area contributed by atoms with Gasteiger partial charge in [0.1, 0.15) is 12.1 Å². The van der Waals surface area contributed by atoms with E-state index in [0.29, 0.717) is 29.6 Å². The fourth-order valence-electron chi connectivity index (χ4n) is 4.09. The van der Waals surface area contributed by atoms with Crippen LogP contribution in [0.15, 0.2) is 109 Å². The van der Waals surface area contributed by atoms with E-state index in [1.165, 1.54) is 0 Å².